The van der Waals surface area contributed by atoms with E-state index in [1.54, 1.807) is 0 Å². The number of carbonyl (C=O) groups is 1. The van der Waals surface area contributed by atoms with Gasteiger partial charge in [0, 0.05) is 19.3 Å². The van der Waals surface area contributed by atoms with Gasteiger partial charge in [-0.25, -0.2) is 8.42 Å². The number of likely N-dealkylation sites (N-methyl/N-ethyl adjacent to an activating group) is 1. The van der Waals surface area contributed by atoms with Crippen molar-refractivity contribution in [1.29, 1.82) is 0 Å². The van der Waals surface area contributed by atoms with Crippen molar-refractivity contribution in [2.24, 2.45) is 0 Å². The highest BCUT2D eigenvalue weighted by Gasteiger charge is 2.30. The molecule has 1 heterocycles. The number of anilines is 1. The Balaban J connectivity index is 2.42. The van der Waals surface area contributed by atoms with Crippen LogP contribution in [-0.2, 0) is 21.2 Å². The van der Waals surface area contributed by atoms with Crippen LogP contribution in [0.4, 0.5) is 5.69 Å². The topological polar surface area (TPSA) is 86.7 Å². The Morgan fingerprint density at radius 2 is 2.05 bits per heavy atom. The third-order valence-electron chi connectivity index (χ3n) is 3.08. The van der Waals surface area contributed by atoms with Gasteiger partial charge in [-0.1, -0.05) is 11.6 Å². The van der Waals surface area contributed by atoms with E-state index in [1.807, 2.05) is 0 Å². The summed E-state index contributed by atoms with van der Waals surface area (Å²) in [5.74, 6) is -0.194. The average Bonchev–Trinajstić information content (AvgIpc) is 2.64. The molecule has 0 saturated carbocycles. The van der Waals surface area contributed by atoms with Crippen LogP contribution in [0.2, 0.25) is 5.02 Å². The number of sulfonamides is 1. The van der Waals surface area contributed by atoms with Gasteiger partial charge in [0.1, 0.15) is 4.90 Å². The van der Waals surface area contributed by atoms with Crippen molar-refractivity contribution in [3.63, 3.8) is 0 Å². The molecule has 21 heavy (non-hydrogen) atoms. The monoisotopic (exact) mass is 332 g/mol. The quantitative estimate of drug-likeness (QED) is 0.868. The number of halogens is 1. The minimum Gasteiger partial charge on any atom is -0.389 e. The molecule has 0 aliphatic carbocycles. The summed E-state index contributed by atoms with van der Waals surface area (Å²) in [6.45, 7) is 2.97. The number of carbonyl (C=O) groups excluding carboxylic acids is 1. The van der Waals surface area contributed by atoms with Crippen LogP contribution in [0, 0.1) is 0 Å². The van der Waals surface area contributed by atoms with Crippen molar-refractivity contribution in [2.45, 2.75) is 30.8 Å². The molecular weight excluding hydrogens is 316 g/mol. The Hall–Kier alpha value is -1.15. The Labute approximate surface area is 128 Å². The molecule has 1 aliphatic heterocycles. The molecule has 6 nitrogen and oxygen atoms in total. The van der Waals surface area contributed by atoms with E-state index in [-0.39, 0.29) is 28.8 Å². The first-order valence-electron chi connectivity index (χ1n) is 6.32. The molecule has 1 aliphatic rings. The standard InChI is InChI=1S/C13H17ClN2O4S/c1-13(2,18)7-16(3)21(19,20)11-4-8-5-12(17)15-10(8)6-9(11)14/h4,6,18H,5,7H2,1-3H3,(H,15,17). The van der Waals surface area contributed by atoms with Crippen molar-refractivity contribution in [1.82, 2.24) is 4.31 Å². The second kappa shape index (κ2) is 5.24. The predicted molar refractivity (Wildman–Crippen MR) is 79.9 cm³/mol. The zero-order valence-corrected chi connectivity index (χ0v) is 13.5. The molecule has 1 amide bonds. The van der Waals surface area contributed by atoms with E-state index in [1.165, 1.54) is 33.0 Å². The summed E-state index contributed by atoms with van der Waals surface area (Å²) in [7, 11) is -2.46. The van der Waals surface area contributed by atoms with E-state index < -0.39 is 15.6 Å². The summed E-state index contributed by atoms with van der Waals surface area (Å²) in [5, 5.41) is 12.4. The van der Waals surface area contributed by atoms with Gasteiger partial charge in [0.25, 0.3) is 0 Å². The molecule has 1 aromatic rings. The first kappa shape index (κ1) is 16.2. The lowest BCUT2D eigenvalue weighted by Gasteiger charge is -2.25. The van der Waals surface area contributed by atoms with Crippen molar-refractivity contribution >= 4 is 33.2 Å². The molecule has 0 fully saturated rings. The Bertz CT molecular complexity index is 695. The molecular formula is C13H17ClN2O4S. The van der Waals surface area contributed by atoms with Crippen molar-refractivity contribution in [3.05, 3.63) is 22.7 Å². The number of nitrogens with zero attached hydrogens (tertiary/aromatic N) is 1. The largest absolute Gasteiger partial charge is 0.389 e. The number of amides is 1. The van der Waals surface area contributed by atoms with Gasteiger partial charge in [-0.3, -0.25) is 4.79 Å². The number of fused-ring (bicyclic) bond motifs is 1. The summed E-state index contributed by atoms with van der Waals surface area (Å²) in [5.41, 5.74) is -0.0311. The third-order valence-corrected chi connectivity index (χ3v) is 5.35. The van der Waals surface area contributed by atoms with Crippen molar-refractivity contribution in [3.8, 4) is 0 Å². The van der Waals surface area contributed by atoms with E-state index in [0.29, 0.717) is 11.3 Å². The van der Waals surface area contributed by atoms with Gasteiger partial charge in [0.2, 0.25) is 15.9 Å². The SMILES string of the molecule is CN(CC(C)(C)O)S(=O)(=O)c1cc2c(cc1Cl)NC(=O)C2. The first-order valence-corrected chi connectivity index (χ1v) is 8.13. The molecule has 0 atom stereocenters. The highest BCUT2D eigenvalue weighted by molar-refractivity contribution is 7.89. The van der Waals surface area contributed by atoms with Gasteiger partial charge in [-0.15, -0.1) is 0 Å². The minimum atomic E-state index is -3.84. The molecule has 0 spiro atoms. The van der Waals surface area contributed by atoms with Crippen LogP contribution < -0.4 is 5.32 Å². The lowest BCUT2D eigenvalue weighted by atomic mass is 10.1. The van der Waals surface area contributed by atoms with Crippen LogP contribution in [0.15, 0.2) is 17.0 Å². The number of benzene rings is 1. The third kappa shape index (κ3) is 3.37. The van der Waals surface area contributed by atoms with Crippen LogP contribution >= 0.6 is 11.6 Å². The van der Waals surface area contributed by atoms with Gasteiger partial charge in [-0.05, 0) is 31.5 Å². The van der Waals surface area contributed by atoms with Gasteiger partial charge in [0.15, 0.2) is 0 Å². The van der Waals surface area contributed by atoms with Crippen LogP contribution in [0.5, 0.6) is 0 Å². The van der Waals surface area contributed by atoms with Crippen LogP contribution in [-0.4, -0.2) is 42.9 Å². The fourth-order valence-electron chi connectivity index (χ4n) is 2.22. The zero-order valence-electron chi connectivity index (χ0n) is 12.0. The molecule has 0 bridgehead atoms. The number of hydrogen-bond acceptors (Lipinski definition) is 4. The van der Waals surface area contributed by atoms with Gasteiger partial charge >= 0.3 is 0 Å². The van der Waals surface area contributed by atoms with E-state index in [2.05, 4.69) is 5.32 Å². The highest BCUT2D eigenvalue weighted by Crippen LogP contribution is 2.33. The molecule has 1 aromatic carbocycles. The summed E-state index contributed by atoms with van der Waals surface area (Å²) in [6, 6.07) is 2.85. The minimum absolute atomic E-state index is 0.0403. The Kier molecular flexibility index (Phi) is 4.05. The Morgan fingerprint density at radius 3 is 2.62 bits per heavy atom. The summed E-state index contributed by atoms with van der Waals surface area (Å²) >= 11 is 6.04. The normalized spacial score (nSPS) is 15.2. The zero-order chi connectivity index (χ0) is 16.0. The maximum Gasteiger partial charge on any atom is 0.244 e. The molecule has 8 heteroatoms. The molecule has 0 aromatic heterocycles. The smallest absolute Gasteiger partial charge is 0.244 e. The van der Waals surface area contributed by atoms with Gasteiger partial charge in [0.05, 0.1) is 17.0 Å². The fourth-order valence-corrected chi connectivity index (χ4v) is 4.10. The van der Waals surface area contributed by atoms with E-state index >= 15 is 0 Å². The average molecular weight is 333 g/mol. The number of hydrogen-bond donors (Lipinski definition) is 2. The number of rotatable bonds is 4. The second-order valence-electron chi connectivity index (χ2n) is 5.74. The lowest BCUT2D eigenvalue weighted by Crippen LogP contribution is -2.39. The van der Waals surface area contributed by atoms with Crippen molar-refractivity contribution < 1.29 is 18.3 Å². The maximum absolute atomic E-state index is 12.5. The molecule has 0 unspecified atom stereocenters. The molecule has 0 saturated heterocycles. The summed E-state index contributed by atoms with van der Waals surface area (Å²) in [4.78, 5) is 11.3. The lowest BCUT2D eigenvalue weighted by molar-refractivity contribution is -0.115. The van der Waals surface area contributed by atoms with Crippen LogP contribution in [0.1, 0.15) is 19.4 Å². The summed E-state index contributed by atoms with van der Waals surface area (Å²) < 4.78 is 26.1. The summed E-state index contributed by atoms with van der Waals surface area (Å²) in [6.07, 6.45) is 0.129. The fraction of sp³-hybridized carbons (Fsp3) is 0.462. The number of nitrogens with one attached hydrogen (secondary N) is 1. The molecule has 116 valence electrons. The molecule has 2 rings (SSSR count). The molecule has 2 N–H and O–H groups in total. The van der Waals surface area contributed by atoms with Crippen LogP contribution in [0.3, 0.4) is 0 Å². The maximum atomic E-state index is 12.5. The van der Waals surface area contributed by atoms with E-state index in [9.17, 15) is 18.3 Å². The predicted octanol–water partition coefficient (Wildman–Crippen LogP) is 1.23. The Morgan fingerprint density at radius 1 is 1.43 bits per heavy atom. The first-order chi connectivity index (χ1) is 9.50. The van der Waals surface area contributed by atoms with Gasteiger partial charge in [-0.2, -0.15) is 4.31 Å². The highest BCUT2D eigenvalue weighted by atomic mass is 35.5. The van der Waals surface area contributed by atoms with Crippen molar-refractivity contribution in [2.75, 3.05) is 18.9 Å². The molecule has 0 radical (unpaired) electrons. The number of aliphatic hydroxyl groups is 1. The van der Waals surface area contributed by atoms with E-state index in [0.717, 1.165) is 4.31 Å². The van der Waals surface area contributed by atoms with Gasteiger partial charge < -0.3 is 10.4 Å². The van der Waals surface area contributed by atoms with Crippen LogP contribution in [0.25, 0.3) is 0 Å². The van der Waals surface area contributed by atoms with E-state index in [4.69, 9.17) is 11.6 Å². The second-order valence-corrected chi connectivity index (χ2v) is 8.16.